The molecule has 158 valence electrons. The number of nitrogens with zero attached hydrogens (tertiary/aromatic N) is 6. The summed E-state index contributed by atoms with van der Waals surface area (Å²) in [6, 6.07) is 16.4. The normalized spacial score (nSPS) is 16.3. The summed E-state index contributed by atoms with van der Waals surface area (Å²) < 4.78 is 4.16. The van der Waals surface area contributed by atoms with E-state index in [1.807, 2.05) is 34.9 Å². The van der Waals surface area contributed by atoms with Crippen molar-refractivity contribution in [2.24, 2.45) is 10.7 Å². The van der Waals surface area contributed by atoms with Gasteiger partial charge in [-0.05, 0) is 30.8 Å². The quantitative estimate of drug-likeness (QED) is 0.453. The van der Waals surface area contributed by atoms with Gasteiger partial charge in [0, 0.05) is 38.8 Å². The highest BCUT2D eigenvalue weighted by Gasteiger charge is 2.39. The first kappa shape index (κ1) is 19.6. The molecule has 0 aliphatic carbocycles. The zero-order chi connectivity index (χ0) is 21.4. The Labute approximate surface area is 180 Å². The van der Waals surface area contributed by atoms with Crippen LogP contribution in [0, 0.1) is 5.41 Å². The van der Waals surface area contributed by atoms with Gasteiger partial charge in [-0.2, -0.15) is 0 Å². The van der Waals surface area contributed by atoms with Gasteiger partial charge < -0.3 is 20.6 Å². The van der Waals surface area contributed by atoms with Gasteiger partial charge in [-0.3, -0.25) is 9.39 Å². The average Bonchev–Trinajstić information content (AvgIpc) is 3.37. The Morgan fingerprint density at radius 3 is 2.74 bits per heavy atom. The van der Waals surface area contributed by atoms with Gasteiger partial charge >= 0.3 is 0 Å². The SMILES string of the molecule is CN1CC(CN)(N=CCC(=N)c2cc3c(ccc4nncn43)n2Cc2ccccc2)C1. The fraction of sp³-hybridized carbons (Fsp3) is 0.304. The molecule has 3 aromatic heterocycles. The molecule has 4 aromatic rings. The molecule has 4 heterocycles. The minimum atomic E-state index is -0.194. The molecule has 1 saturated heterocycles. The summed E-state index contributed by atoms with van der Waals surface area (Å²) in [7, 11) is 2.07. The summed E-state index contributed by atoms with van der Waals surface area (Å²) in [5.41, 5.74) is 11.2. The lowest BCUT2D eigenvalue weighted by molar-refractivity contribution is 0.109. The molecule has 0 radical (unpaired) electrons. The van der Waals surface area contributed by atoms with Gasteiger partial charge in [0.25, 0.3) is 0 Å². The molecule has 0 atom stereocenters. The van der Waals surface area contributed by atoms with Crippen molar-refractivity contribution in [3.63, 3.8) is 0 Å². The maximum Gasteiger partial charge on any atom is 0.161 e. The summed E-state index contributed by atoms with van der Waals surface area (Å²) >= 11 is 0. The fourth-order valence-electron chi connectivity index (χ4n) is 4.46. The Hall–Kier alpha value is -3.36. The van der Waals surface area contributed by atoms with E-state index in [0.29, 0.717) is 25.2 Å². The van der Waals surface area contributed by atoms with Gasteiger partial charge in [0.15, 0.2) is 5.65 Å². The molecule has 31 heavy (non-hydrogen) atoms. The Morgan fingerprint density at radius 2 is 2.00 bits per heavy atom. The van der Waals surface area contributed by atoms with E-state index >= 15 is 0 Å². The maximum atomic E-state index is 8.83. The highest BCUT2D eigenvalue weighted by atomic mass is 15.2. The van der Waals surface area contributed by atoms with Crippen LogP contribution in [0.4, 0.5) is 0 Å². The zero-order valence-electron chi connectivity index (χ0n) is 17.6. The Kier molecular flexibility index (Phi) is 4.88. The molecule has 1 aliphatic heterocycles. The van der Waals surface area contributed by atoms with Gasteiger partial charge in [-0.15, -0.1) is 10.2 Å². The van der Waals surface area contributed by atoms with Crippen molar-refractivity contribution >= 4 is 28.6 Å². The van der Waals surface area contributed by atoms with E-state index in [-0.39, 0.29) is 5.54 Å². The lowest BCUT2D eigenvalue weighted by atomic mass is 9.91. The summed E-state index contributed by atoms with van der Waals surface area (Å²) in [5, 5.41) is 17.0. The Bertz CT molecular complexity index is 1260. The summed E-state index contributed by atoms with van der Waals surface area (Å²) in [5.74, 6) is 0. The standard InChI is InChI=1S/C23H26N8/c1-29-14-23(13-24,15-29)26-10-9-18(25)20-11-21-19(7-8-22-28-27-16-31(21)22)30(20)12-17-5-3-2-4-6-17/h2-8,10-11,16,25H,9,12-15,24H2,1H3. The summed E-state index contributed by atoms with van der Waals surface area (Å²) in [6.45, 7) is 2.95. The van der Waals surface area contributed by atoms with Crippen molar-refractivity contribution in [3.8, 4) is 0 Å². The maximum absolute atomic E-state index is 8.83. The molecule has 8 heteroatoms. The van der Waals surface area contributed by atoms with E-state index < -0.39 is 0 Å². The van der Waals surface area contributed by atoms with Crippen molar-refractivity contribution in [1.82, 2.24) is 24.1 Å². The van der Waals surface area contributed by atoms with Crippen LogP contribution in [0.15, 0.2) is 59.9 Å². The third-order valence-corrected chi connectivity index (χ3v) is 6.00. The first-order valence-electron chi connectivity index (χ1n) is 10.4. The van der Waals surface area contributed by atoms with Crippen molar-refractivity contribution < 1.29 is 0 Å². The van der Waals surface area contributed by atoms with Gasteiger partial charge in [0.05, 0.1) is 28.0 Å². The lowest BCUT2D eigenvalue weighted by Gasteiger charge is -2.44. The lowest BCUT2D eigenvalue weighted by Crippen LogP contribution is -2.62. The van der Waals surface area contributed by atoms with Crippen LogP contribution in [0.3, 0.4) is 0 Å². The van der Waals surface area contributed by atoms with Crippen LogP contribution < -0.4 is 5.73 Å². The Balaban J connectivity index is 1.50. The predicted octanol–water partition coefficient (Wildman–Crippen LogP) is 2.20. The Morgan fingerprint density at radius 1 is 1.19 bits per heavy atom. The molecule has 0 saturated carbocycles. The second-order valence-corrected chi connectivity index (χ2v) is 8.36. The van der Waals surface area contributed by atoms with Crippen molar-refractivity contribution in [2.75, 3.05) is 26.7 Å². The molecule has 8 nitrogen and oxygen atoms in total. The second-order valence-electron chi connectivity index (χ2n) is 8.36. The average molecular weight is 415 g/mol. The van der Waals surface area contributed by atoms with E-state index in [1.165, 1.54) is 5.56 Å². The number of pyridine rings is 1. The molecule has 0 unspecified atom stereocenters. The summed E-state index contributed by atoms with van der Waals surface area (Å²) in [4.78, 5) is 6.94. The minimum absolute atomic E-state index is 0.194. The monoisotopic (exact) mass is 414 g/mol. The fourth-order valence-corrected chi connectivity index (χ4v) is 4.46. The molecule has 5 rings (SSSR count). The van der Waals surface area contributed by atoms with Crippen molar-refractivity contribution in [1.29, 1.82) is 5.41 Å². The van der Waals surface area contributed by atoms with Gasteiger partial charge in [0.2, 0.25) is 0 Å². The molecule has 0 amide bonds. The molecule has 3 N–H and O–H groups in total. The number of aliphatic imine (C=N–C) groups is 1. The first-order valence-corrected chi connectivity index (χ1v) is 10.4. The molecule has 0 bridgehead atoms. The first-order chi connectivity index (χ1) is 15.1. The van der Waals surface area contributed by atoms with Crippen LogP contribution >= 0.6 is 0 Å². The zero-order valence-corrected chi connectivity index (χ0v) is 17.6. The number of hydrogen-bond acceptors (Lipinski definition) is 6. The molecule has 1 aromatic carbocycles. The van der Waals surface area contributed by atoms with Crippen LogP contribution in [0.25, 0.3) is 16.7 Å². The number of likely N-dealkylation sites (tertiary alicyclic amines) is 1. The molecule has 1 fully saturated rings. The number of hydrogen-bond donors (Lipinski definition) is 2. The number of likely N-dealkylation sites (N-methyl/N-ethyl adjacent to an activating group) is 1. The molecular weight excluding hydrogens is 388 g/mol. The largest absolute Gasteiger partial charge is 0.334 e. The number of nitrogens with one attached hydrogen (secondary N) is 1. The van der Waals surface area contributed by atoms with Crippen LogP contribution in [0.5, 0.6) is 0 Å². The second kappa shape index (κ2) is 7.72. The van der Waals surface area contributed by atoms with E-state index in [2.05, 4.69) is 51.0 Å². The highest BCUT2D eigenvalue weighted by Crippen LogP contribution is 2.25. The van der Waals surface area contributed by atoms with Crippen molar-refractivity contribution in [2.45, 2.75) is 18.5 Å². The van der Waals surface area contributed by atoms with Crippen LogP contribution in [0.1, 0.15) is 17.7 Å². The number of benzene rings is 1. The molecule has 1 aliphatic rings. The van der Waals surface area contributed by atoms with E-state index in [1.54, 1.807) is 6.33 Å². The van der Waals surface area contributed by atoms with E-state index in [9.17, 15) is 0 Å². The third-order valence-electron chi connectivity index (χ3n) is 6.00. The molecule has 0 spiro atoms. The third kappa shape index (κ3) is 3.54. The van der Waals surface area contributed by atoms with Gasteiger partial charge in [-0.1, -0.05) is 30.3 Å². The summed E-state index contributed by atoms with van der Waals surface area (Å²) in [6.07, 6.45) is 4.04. The highest BCUT2D eigenvalue weighted by molar-refractivity contribution is 6.07. The minimum Gasteiger partial charge on any atom is -0.334 e. The topological polar surface area (TPSA) is 101 Å². The van der Waals surface area contributed by atoms with Gasteiger partial charge in [-0.25, -0.2) is 0 Å². The number of fused-ring (bicyclic) bond motifs is 3. The van der Waals surface area contributed by atoms with E-state index in [0.717, 1.165) is 35.5 Å². The number of rotatable bonds is 7. The van der Waals surface area contributed by atoms with E-state index in [4.69, 9.17) is 16.1 Å². The van der Waals surface area contributed by atoms with Gasteiger partial charge in [0.1, 0.15) is 6.33 Å². The van der Waals surface area contributed by atoms with Crippen LogP contribution in [-0.2, 0) is 6.54 Å². The smallest absolute Gasteiger partial charge is 0.161 e. The number of nitrogens with two attached hydrogens (primary N) is 1. The number of aromatic nitrogens is 4. The van der Waals surface area contributed by atoms with Crippen LogP contribution in [0.2, 0.25) is 0 Å². The molecular formula is C23H26N8. The van der Waals surface area contributed by atoms with Crippen LogP contribution in [-0.4, -0.2) is 68.2 Å². The predicted molar refractivity (Wildman–Crippen MR) is 123 cm³/mol. The van der Waals surface area contributed by atoms with Crippen molar-refractivity contribution in [3.05, 3.63) is 66.1 Å².